The normalized spacial score (nSPS) is 17.9. The summed E-state index contributed by atoms with van der Waals surface area (Å²) in [4.78, 5) is 0. The van der Waals surface area contributed by atoms with E-state index in [-0.39, 0.29) is 17.8 Å². The van der Waals surface area contributed by atoms with Crippen LogP contribution in [0, 0.1) is 11.3 Å². The molecule has 1 fully saturated rings. The van der Waals surface area contributed by atoms with Gasteiger partial charge in [-0.25, -0.2) is 0 Å². The molecular weight excluding hydrogens is 255 g/mol. The minimum absolute atomic E-state index is 0. The smallest absolute Gasteiger partial charge is 0.0631 e. The molecular formula is C13H16Cl2N2. The van der Waals surface area contributed by atoms with Crippen molar-refractivity contribution >= 4 is 24.0 Å². The Kier molecular flexibility index (Phi) is 5.27. The van der Waals surface area contributed by atoms with Crippen molar-refractivity contribution in [2.24, 2.45) is 0 Å². The van der Waals surface area contributed by atoms with Gasteiger partial charge < -0.3 is 5.32 Å². The summed E-state index contributed by atoms with van der Waals surface area (Å²) in [6.45, 7) is 1.98. The molecule has 0 spiro atoms. The van der Waals surface area contributed by atoms with Crippen LogP contribution in [-0.2, 0) is 5.41 Å². The van der Waals surface area contributed by atoms with Gasteiger partial charge in [0, 0.05) is 16.9 Å². The van der Waals surface area contributed by atoms with E-state index in [0.717, 1.165) is 31.0 Å². The number of piperidine rings is 1. The van der Waals surface area contributed by atoms with E-state index in [4.69, 9.17) is 16.9 Å². The first kappa shape index (κ1) is 14.3. The Morgan fingerprint density at radius 3 is 2.35 bits per heavy atom. The van der Waals surface area contributed by atoms with E-state index < -0.39 is 0 Å². The number of rotatable bonds is 2. The molecule has 1 saturated heterocycles. The lowest BCUT2D eigenvalue weighted by Crippen LogP contribution is -2.39. The number of hydrogen-bond donors (Lipinski definition) is 1. The second kappa shape index (κ2) is 6.26. The Balaban J connectivity index is 0.00000144. The van der Waals surface area contributed by atoms with Gasteiger partial charge in [0.2, 0.25) is 0 Å². The van der Waals surface area contributed by atoms with Gasteiger partial charge in [-0.15, -0.1) is 12.4 Å². The summed E-state index contributed by atoms with van der Waals surface area (Å²) < 4.78 is 0. The molecule has 2 rings (SSSR count). The first-order valence-electron chi connectivity index (χ1n) is 5.61. The second-order valence-corrected chi connectivity index (χ2v) is 4.81. The molecule has 0 radical (unpaired) electrons. The summed E-state index contributed by atoms with van der Waals surface area (Å²) in [6.07, 6.45) is 2.65. The predicted molar refractivity (Wildman–Crippen MR) is 72.7 cm³/mol. The number of nitrogens with one attached hydrogen (secondary N) is 1. The van der Waals surface area contributed by atoms with E-state index in [1.165, 1.54) is 5.56 Å². The molecule has 1 aromatic rings. The molecule has 0 unspecified atom stereocenters. The van der Waals surface area contributed by atoms with Crippen molar-refractivity contribution in [3.05, 3.63) is 34.9 Å². The maximum absolute atomic E-state index is 9.00. The fourth-order valence-electron chi connectivity index (χ4n) is 2.43. The van der Waals surface area contributed by atoms with E-state index in [9.17, 15) is 0 Å². The van der Waals surface area contributed by atoms with Crippen molar-refractivity contribution < 1.29 is 0 Å². The molecule has 4 heteroatoms. The van der Waals surface area contributed by atoms with Gasteiger partial charge in [-0.1, -0.05) is 23.7 Å². The molecule has 1 N–H and O–H groups in total. The lowest BCUT2D eigenvalue weighted by Gasteiger charge is -2.36. The minimum Gasteiger partial charge on any atom is -0.317 e. The van der Waals surface area contributed by atoms with Crippen molar-refractivity contribution in [1.29, 1.82) is 5.26 Å². The average molecular weight is 271 g/mol. The molecule has 0 bridgehead atoms. The zero-order chi connectivity index (χ0) is 11.4. The monoisotopic (exact) mass is 270 g/mol. The lowest BCUT2D eigenvalue weighted by atomic mass is 9.71. The van der Waals surface area contributed by atoms with Gasteiger partial charge in [0.1, 0.15) is 0 Å². The fourth-order valence-corrected chi connectivity index (χ4v) is 2.55. The molecule has 1 aliphatic rings. The molecule has 0 amide bonds. The van der Waals surface area contributed by atoms with Gasteiger partial charge in [-0.2, -0.15) is 5.26 Å². The lowest BCUT2D eigenvalue weighted by molar-refractivity contribution is 0.312. The zero-order valence-corrected chi connectivity index (χ0v) is 11.2. The van der Waals surface area contributed by atoms with Crippen LogP contribution in [0.2, 0.25) is 5.02 Å². The van der Waals surface area contributed by atoms with Crippen LogP contribution in [0.25, 0.3) is 0 Å². The van der Waals surface area contributed by atoms with Crippen LogP contribution >= 0.6 is 24.0 Å². The van der Waals surface area contributed by atoms with Gasteiger partial charge in [0.15, 0.2) is 0 Å². The van der Waals surface area contributed by atoms with Crippen LogP contribution in [0.3, 0.4) is 0 Å². The third kappa shape index (κ3) is 3.13. The van der Waals surface area contributed by atoms with Crippen molar-refractivity contribution in [2.45, 2.75) is 24.7 Å². The van der Waals surface area contributed by atoms with Gasteiger partial charge in [0.25, 0.3) is 0 Å². The van der Waals surface area contributed by atoms with Crippen LogP contribution < -0.4 is 5.32 Å². The van der Waals surface area contributed by atoms with Gasteiger partial charge in [-0.3, -0.25) is 0 Å². The third-order valence-electron chi connectivity index (χ3n) is 3.43. The van der Waals surface area contributed by atoms with Crippen LogP contribution in [0.5, 0.6) is 0 Å². The summed E-state index contributed by atoms with van der Waals surface area (Å²) in [5.74, 6) is 0. The zero-order valence-electron chi connectivity index (χ0n) is 9.58. The molecule has 0 aromatic heterocycles. The predicted octanol–water partition coefficient (Wildman–Crippen LogP) is 3.30. The quantitative estimate of drug-likeness (QED) is 0.895. The Labute approximate surface area is 113 Å². The average Bonchev–Trinajstić information content (AvgIpc) is 2.31. The van der Waals surface area contributed by atoms with Crippen LogP contribution in [0.1, 0.15) is 24.8 Å². The largest absolute Gasteiger partial charge is 0.317 e. The number of nitriles is 1. The number of nitrogens with zero attached hydrogens (tertiary/aromatic N) is 1. The van der Waals surface area contributed by atoms with E-state index in [2.05, 4.69) is 23.5 Å². The summed E-state index contributed by atoms with van der Waals surface area (Å²) in [5, 5.41) is 13.1. The van der Waals surface area contributed by atoms with Crippen molar-refractivity contribution in [3.63, 3.8) is 0 Å². The molecule has 1 heterocycles. The highest BCUT2D eigenvalue weighted by Crippen LogP contribution is 2.36. The van der Waals surface area contributed by atoms with Crippen molar-refractivity contribution in [3.8, 4) is 6.07 Å². The van der Waals surface area contributed by atoms with Crippen LogP contribution in [0.4, 0.5) is 0 Å². The topological polar surface area (TPSA) is 35.8 Å². The standard InChI is InChI=1S/C13H15ClN2.ClH/c14-12-3-1-11(2-4-12)13(5-8-15)6-9-16-10-7-13;/h1-4,16H,5-7,9-10H2;1H. The Morgan fingerprint density at radius 1 is 1.24 bits per heavy atom. The molecule has 1 aromatic carbocycles. The second-order valence-electron chi connectivity index (χ2n) is 4.37. The first-order valence-corrected chi connectivity index (χ1v) is 5.98. The summed E-state index contributed by atoms with van der Waals surface area (Å²) >= 11 is 5.90. The van der Waals surface area contributed by atoms with E-state index in [1.54, 1.807) is 0 Å². The number of halogens is 2. The SMILES string of the molecule is Cl.N#CCC1(c2ccc(Cl)cc2)CCNCC1. The van der Waals surface area contributed by atoms with Gasteiger partial charge in [0.05, 0.1) is 6.07 Å². The highest BCUT2D eigenvalue weighted by atomic mass is 35.5. The molecule has 17 heavy (non-hydrogen) atoms. The molecule has 0 atom stereocenters. The maximum Gasteiger partial charge on any atom is 0.0631 e. The summed E-state index contributed by atoms with van der Waals surface area (Å²) in [6, 6.07) is 10.3. The van der Waals surface area contributed by atoms with E-state index in [1.807, 2.05) is 12.1 Å². The Bertz CT molecular complexity index is 389. The highest BCUT2D eigenvalue weighted by molar-refractivity contribution is 6.30. The molecule has 0 saturated carbocycles. The minimum atomic E-state index is 0. The molecule has 1 aliphatic heterocycles. The first-order chi connectivity index (χ1) is 7.77. The van der Waals surface area contributed by atoms with E-state index >= 15 is 0 Å². The van der Waals surface area contributed by atoms with Crippen molar-refractivity contribution in [1.82, 2.24) is 5.32 Å². The highest BCUT2D eigenvalue weighted by Gasteiger charge is 2.33. The summed E-state index contributed by atoms with van der Waals surface area (Å²) in [7, 11) is 0. The summed E-state index contributed by atoms with van der Waals surface area (Å²) in [5.41, 5.74) is 1.28. The Morgan fingerprint density at radius 2 is 1.82 bits per heavy atom. The third-order valence-corrected chi connectivity index (χ3v) is 3.69. The Hall–Kier alpha value is -0.750. The number of hydrogen-bond acceptors (Lipinski definition) is 2. The van der Waals surface area contributed by atoms with Gasteiger partial charge >= 0.3 is 0 Å². The maximum atomic E-state index is 9.00. The van der Waals surface area contributed by atoms with Crippen LogP contribution in [-0.4, -0.2) is 13.1 Å². The van der Waals surface area contributed by atoms with Crippen LogP contribution in [0.15, 0.2) is 24.3 Å². The van der Waals surface area contributed by atoms with E-state index in [0.29, 0.717) is 6.42 Å². The fraction of sp³-hybridized carbons (Fsp3) is 0.462. The molecule has 92 valence electrons. The molecule has 2 nitrogen and oxygen atoms in total. The van der Waals surface area contributed by atoms with Gasteiger partial charge in [-0.05, 0) is 43.6 Å². The molecule has 0 aliphatic carbocycles. The van der Waals surface area contributed by atoms with Crippen molar-refractivity contribution in [2.75, 3.05) is 13.1 Å². The number of benzene rings is 1.